The van der Waals surface area contributed by atoms with Gasteiger partial charge in [-0.3, -0.25) is 0 Å². The van der Waals surface area contributed by atoms with Crippen LogP contribution in [0.15, 0.2) is 0 Å². The molecule has 0 aromatic carbocycles. The van der Waals surface area contributed by atoms with E-state index in [0.717, 1.165) is 11.8 Å². The van der Waals surface area contributed by atoms with Crippen molar-refractivity contribution in [3.63, 3.8) is 0 Å². The molecule has 1 fully saturated rings. The highest BCUT2D eigenvalue weighted by Crippen LogP contribution is 2.42. The van der Waals surface area contributed by atoms with Crippen LogP contribution in [0.2, 0.25) is 0 Å². The van der Waals surface area contributed by atoms with E-state index in [1.807, 2.05) is 0 Å². The van der Waals surface area contributed by atoms with Crippen LogP contribution in [-0.2, 0) is 0 Å². The zero-order valence-corrected chi connectivity index (χ0v) is 11.1. The highest BCUT2D eigenvalue weighted by molar-refractivity contribution is 7.81. The molecule has 0 spiro atoms. The van der Waals surface area contributed by atoms with Crippen molar-refractivity contribution >= 4 is 12.6 Å². The van der Waals surface area contributed by atoms with E-state index < -0.39 is 0 Å². The summed E-state index contributed by atoms with van der Waals surface area (Å²) in [6.07, 6.45) is 6.99. The van der Waals surface area contributed by atoms with E-state index in [-0.39, 0.29) is 0 Å². The molecule has 1 aliphatic rings. The smallest absolute Gasteiger partial charge is 0.00425 e. The van der Waals surface area contributed by atoms with Crippen LogP contribution in [0.1, 0.15) is 59.8 Å². The molecular weight excluding hydrogens is 188 g/mol. The Bertz CT molecular complexity index is 162. The molecule has 0 amide bonds. The van der Waals surface area contributed by atoms with Gasteiger partial charge in [-0.05, 0) is 30.1 Å². The zero-order chi connectivity index (χ0) is 10.8. The maximum atomic E-state index is 4.69. The molecule has 3 atom stereocenters. The number of thiol groups is 1. The Labute approximate surface area is 95.3 Å². The summed E-state index contributed by atoms with van der Waals surface area (Å²) in [5.41, 5.74) is 0.461. The summed E-state index contributed by atoms with van der Waals surface area (Å²) < 4.78 is 0. The quantitative estimate of drug-likeness (QED) is 0.608. The lowest BCUT2D eigenvalue weighted by Gasteiger charge is -2.39. The third kappa shape index (κ3) is 3.18. The van der Waals surface area contributed by atoms with Gasteiger partial charge in [-0.15, -0.1) is 0 Å². The molecule has 0 saturated heterocycles. The van der Waals surface area contributed by atoms with Crippen molar-refractivity contribution in [1.82, 2.24) is 0 Å². The van der Waals surface area contributed by atoms with E-state index in [1.165, 1.54) is 32.1 Å². The standard InChI is InChI=1S/C13H26S/c1-10-6-5-7-11(2)9-13(4,8-10)12(3)14/h10-12,14H,5-9H2,1-4H3. The van der Waals surface area contributed by atoms with Crippen molar-refractivity contribution in [3.8, 4) is 0 Å². The normalized spacial score (nSPS) is 42.6. The van der Waals surface area contributed by atoms with Crippen molar-refractivity contribution in [2.24, 2.45) is 17.3 Å². The summed E-state index contributed by atoms with van der Waals surface area (Å²) in [5.74, 6) is 1.78. The van der Waals surface area contributed by atoms with Gasteiger partial charge in [0.1, 0.15) is 0 Å². The predicted molar refractivity (Wildman–Crippen MR) is 68.0 cm³/mol. The fraction of sp³-hybridized carbons (Fsp3) is 1.00. The summed E-state index contributed by atoms with van der Waals surface area (Å²) in [5, 5.41) is 0.533. The molecule has 0 N–H and O–H groups in total. The van der Waals surface area contributed by atoms with Crippen molar-refractivity contribution in [3.05, 3.63) is 0 Å². The van der Waals surface area contributed by atoms with Gasteiger partial charge in [-0.25, -0.2) is 0 Å². The Balaban J connectivity index is 2.69. The van der Waals surface area contributed by atoms with Gasteiger partial charge in [0.2, 0.25) is 0 Å². The maximum Gasteiger partial charge on any atom is 0.00425 e. The van der Waals surface area contributed by atoms with Crippen molar-refractivity contribution in [2.75, 3.05) is 0 Å². The highest BCUT2D eigenvalue weighted by atomic mass is 32.1. The van der Waals surface area contributed by atoms with E-state index >= 15 is 0 Å². The Morgan fingerprint density at radius 3 is 1.93 bits per heavy atom. The van der Waals surface area contributed by atoms with Crippen molar-refractivity contribution in [2.45, 2.75) is 65.0 Å². The first kappa shape index (κ1) is 12.4. The van der Waals surface area contributed by atoms with Gasteiger partial charge >= 0.3 is 0 Å². The Morgan fingerprint density at radius 2 is 1.57 bits per heavy atom. The van der Waals surface area contributed by atoms with Gasteiger partial charge in [0, 0.05) is 5.25 Å². The number of hydrogen-bond donors (Lipinski definition) is 1. The number of rotatable bonds is 1. The number of hydrogen-bond acceptors (Lipinski definition) is 1. The lowest BCUT2D eigenvalue weighted by Crippen LogP contribution is -2.32. The molecule has 0 nitrogen and oxygen atoms in total. The molecule has 0 aromatic heterocycles. The maximum absolute atomic E-state index is 4.69. The molecule has 1 heteroatoms. The van der Waals surface area contributed by atoms with E-state index in [0.29, 0.717) is 10.7 Å². The van der Waals surface area contributed by atoms with E-state index in [1.54, 1.807) is 0 Å². The second-order valence-electron chi connectivity index (χ2n) is 5.88. The third-order valence-electron chi connectivity index (χ3n) is 4.03. The summed E-state index contributed by atoms with van der Waals surface area (Å²) in [7, 11) is 0. The van der Waals surface area contributed by atoms with Crippen LogP contribution in [0.25, 0.3) is 0 Å². The Morgan fingerprint density at radius 1 is 1.14 bits per heavy atom. The summed E-state index contributed by atoms with van der Waals surface area (Å²) in [6, 6.07) is 0. The van der Waals surface area contributed by atoms with Gasteiger partial charge < -0.3 is 0 Å². The predicted octanol–water partition coefficient (Wildman–Crippen LogP) is 4.55. The molecule has 84 valence electrons. The average molecular weight is 214 g/mol. The van der Waals surface area contributed by atoms with Crippen LogP contribution < -0.4 is 0 Å². The van der Waals surface area contributed by atoms with Crippen LogP contribution in [0, 0.1) is 17.3 Å². The van der Waals surface area contributed by atoms with Crippen LogP contribution in [0.4, 0.5) is 0 Å². The van der Waals surface area contributed by atoms with Gasteiger partial charge in [-0.1, -0.05) is 47.0 Å². The second-order valence-corrected chi connectivity index (χ2v) is 6.65. The first-order valence-corrected chi connectivity index (χ1v) is 6.64. The minimum absolute atomic E-state index is 0.461. The van der Waals surface area contributed by atoms with Crippen molar-refractivity contribution in [1.29, 1.82) is 0 Å². The minimum atomic E-state index is 0.461. The molecule has 1 saturated carbocycles. The van der Waals surface area contributed by atoms with Gasteiger partial charge in [-0.2, -0.15) is 12.6 Å². The zero-order valence-electron chi connectivity index (χ0n) is 10.2. The lowest BCUT2D eigenvalue weighted by molar-refractivity contribution is 0.164. The first-order valence-electron chi connectivity index (χ1n) is 6.12. The Kier molecular flexibility index (Phi) is 4.36. The molecule has 1 rings (SSSR count). The molecular formula is C13H26S. The molecule has 0 bridgehead atoms. The highest BCUT2D eigenvalue weighted by Gasteiger charge is 2.33. The van der Waals surface area contributed by atoms with Crippen LogP contribution in [-0.4, -0.2) is 5.25 Å². The topological polar surface area (TPSA) is 0 Å². The van der Waals surface area contributed by atoms with E-state index in [9.17, 15) is 0 Å². The van der Waals surface area contributed by atoms with Gasteiger partial charge in [0.25, 0.3) is 0 Å². The summed E-state index contributed by atoms with van der Waals surface area (Å²) in [6.45, 7) is 9.52. The largest absolute Gasteiger partial charge is 0.176 e. The third-order valence-corrected chi connectivity index (χ3v) is 4.66. The molecule has 0 heterocycles. The van der Waals surface area contributed by atoms with Gasteiger partial charge in [0.05, 0.1) is 0 Å². The average Bonchev–Trinajstić information content (AvgIpc) is 2.00. The molecule has 14 heavy (non-hydrogen) atoms. The van der Waals surface area contributed by atoms with Crippen molar-refractivity contribution < 1.29 is 0 Å². The van der Waals surface area contributed by atoms with Crippen LogP contribution in [0.3, 0.4) is 0 Å². The minimum Gasteiger partial charge on any atom is -0.176 e. The van der Waals surface area contributed by atoms with Gasteiger partial charge in [0.15, 0.2) is 0 Å². The lowest BCUT2D eigenvalue weighted by atomic mass is 9.69. The molecule has 0 radical (unpaired) electrons. The van der Waals surface area contributed by atoms with Crippen LogP contribution >= 0.6 is 12.6 Å². The summed E-state index contributed by atoms with van der Waals surface area (Å²) >= 11 is 4.69. The first-order chi connectivity index (χ1) is 6.44. The molecule has 0 aliphatic heterocycles. The molecule has 3 unspecified atom stereocenters. The monoisotopic (exact) mass is 214 g/mol. The SMILES string of the molecule is CC1CCCC(C)CC(C)(C(C)S)C1. The Hall–Kier alpha value is 0.350. The fourth-order valence-corrected chi connectivity index (χ4v) is 3.25. The van der Waals surface area contributed by atoms with Crippen LogP contribution in [0.5, 0.6) is 0 Å². The molecule has 0 aromatic rings. The summed E-state index contributed by atoms with van der Waals surface area (Å²) in [4.78, 5) is 0. The van der Waals surface area contributed by atoms with E-state index in [2.05, 4.69) is 27.7 Å². The second kappa shape index (κ2) is 4.92. The molecule has 1 aliphatic carbocycles. The fourth-order valence-electron chi connectivity index (χ4n) is 3.04. The van der Waals surface area contributed by atoms with E-state index in [4.69, 9.17) is 12.6 Å².